The summed E-state index contributed by atoms with van der Waals surface area (Å²) in [4.78, 5) is 4.09. The van der Waals surface area contributed by atoms with Crippen molar-refractivity contribution in [3.05, 3.63) is 46.7 Å². The van der Waals surface area contributed by atoms with E-state index in [2.05, 4.69) is 27.1 Å². The predicted octanol–water partition coefficient (Wildman–Crippen LogP) is 3.30. The van der Waals surface area contributed by atoms with Crippen LogP contribution in [0.3, 0.4) is 0 Å². The summed E-state index contributed by atoms with van der Waals surface area (Å²) in [6.45, 7) is 5.68. The lowest BCUT2D eigenvalue weighted by atomic mass is 9.95. The summed E-state index contributed by atoms with van der Waals surface area (Å²) in [5, 5.41) is 2.14. The lowest BCUT2D eigenvalue weighted by Crippen LogP contribution is -2.39. The Labute approximate surface area is 160 Å². The minimum absolute atomic E-state index is 0.275. The van der Waals surface area contributed by atoms with Crippen molar-refractivity contribution in [1.82, 2.24) is 9.62 Å². The standard InChI is InChI=1S/C19H26N2O3S2/c1-2-24-17-5-7-18(8-6-17)26(22,23)20-11-14-21-12-9-16(10-13-21)19-4-3-15-25-19/h3-8,15-16,20H,2,9-14H2,1H3. The van der Waals surface area contributed by atoms with Crippen LogP contribution in [0.15, 0.2) is 46.7 Å². The quantitative estimate of drug-likeness (QED) is 0.746. The van der Waals surface area contributed by atoms with E-state index in [0.29, 0.717) is 24.8 Å². The molecule has 0 spiro atoms. The van der Waals surface area contributed by atoms with E-state index in [9.17, 15) is 8.42 Å². The molecule has 1 aliphatic rings. The molecular weight excluding hydrogens is 368 g/mol. The smallest absolute Gasteiger partial charge is 0.240 e. The van der Waals surface area contributed by atoms with Gasteiger partial charge in [0.1, 0.15) is 5.75 Å². The van der Waals surface area contributed by atoms with E-state index in [1.807, 2.05) is 18.3 Å². The highest BCUT2D eigenvalue weighted by atomic mass is 32.2. The summed E-state index contributed by atoms with van der Waals surface area (Å²) in [6.07, 6.45) is 2.29. The molecule has 0 unspecified atom stereocenters. The number of nitrogens with zero attached hydrogens (tertiary/aromatic N) is 1. The highest BCUT2D eigenvalue weighted by Gasteiger charge is 2.21. The lowest BCUT2D eigenvalue weighted by Gasteiger charge is -2.31. The van der Waals surface area contributed by atoms with Crippen LogP contribution < -0.4 is 9.46 Å². The number of sulfonamides is 1. The molecule has 5 nitrogen and oxygen atoms in total. The van der Waals surface area contributed by atoms with Gasteiger partial charge in [-0.05, 0) is 74.5 Å². The first kappa shape index (κ1) is 19.4. The van der Waals surface area contributed by atoms with Crippen molar-refractivity contribution in [2.75, 3.05) is 32.8 Å². The first-order valence-corrected chi connectivity index (χ1v) is 11.4. The number of benzene rings is 1. The fraction of sp³-hybridized carbons (Fsp3) is 0.474. The van der Waals surface area contributed by atoms with Crippen LogP contribution >= 0.6 is 11.3 Å². The summed E-state index contributed by atoms with van der Waals surface area (Å²) in [7, 11) is -3.47. The minimum atomic E-state index is -3.47. The molecule has 142 valence electrons. The van der Waals surface area contributed by atoms with Gasteiger partial charge in [0.25, 0.3) is 0 Å². The normalized spacial score (nSPS) is 16.7. The number of hydrogen-bond acceptors (Lipinski definition) is 5. The molecule has 0 radical (unpaired) electrons. The van der Waals surface area contributed by atoms with E-state index >= 15 is 0 Å². The van der Waals surface area contributed by atoms with Gasteiger partial charge in [-0.15, -0.1) is 11.3 Å². The largest absolute Gasteiger partial charge is 0.494 e. The maximum atomic E-state index is 12.4. The monoisotopic (exact) mass is 394 g/mol. The number of ether oxygens (including phenoxy) is 1. The molecule has 2 heterocycles. The Kier molecular flexibility index (Phi) is 6.69. The minimum Gasteiger partial charge on any atom is -0.494 e. The molecule has 0 bridgehead atoms. The van der Waals surface area contributed by atoms with Crippen molar-refractivity contribution in [3.63, 3.8) is 0 Å². The van der Waals surface area contributed by atoms with Crippen LogP contribution in [0.5, 0.6) is 5.75 Å². The molecule has 2 aromatic rings. The molecule has 0 aliphatic carbocycles. The van der Waals surface area contributed by atoms with Gasteiger partial charge >= 0.3 is 0 Å². The zero-order valence-corrected chi connectivity index (χ0v) is 16.7. The molecule has 1 N–H and O–H groups in total. The second-order valence-corrected chi connectivity index (χ2v) is 9.18. The summed E-state index contributed by atoms with van der Waals surface area (Å²) in [6, 6.07) is 10.9. The Morgan fingerprint density at radius 3 is 2.54 bits per heavy atom. The second kappa shape index (κ2) is 8.99. The summed E-state index contributed by atoms with van der Waals surface area (Å²) in [5.41, 5.74) is 0. The zero-order chi connectivity index (χ0) is 18.4. The molecule has 1 aromatic heterocycles. The third-order valence-corrected chi connectivity index (χ3v) is 7.21. The molecule has 0 atom stereocenters. The topological polar surface area (TPSA) is 58.6 Å². The Bertz CT molecular complexity index is 766. The first-order valence-electron chi connectivity index (χ1n) is 9.07. The Hall–Kier alpha value is -1.41. The van der Waals surface area contributed by atoms with Gasteiger partial charge in [0, 0.05) is 18.0 Å². The van der Waals surface area contributed by atoms with Gasteiger partial charge in [-0.1, -0.05) is 6.07 Å². The Morgan fingerprint density at radius 1 is 1.19 bits per heavy atom. The molecule has 3 rings (SSSR count). The van der Waals surface area contributed by atoms with E-state index in [0.717, 1.165) is 32.5 Å². The highest BCUT2D eigenvalue weighted by Crippen LogP contribution is 2.30. The van der Waals surface area contributed by atoms with Crippen LogP contribution in [0, 0.1) is 0 Å². The SMILES string of the molecule is CCOc1ccc(S(=O)(=O)NCCN2CCC(c3cccs3)CC2)cc1. The van der Waals surface area contributed by atoms with Crippen molar-refractivity contribution in [1.29, 1.82) is 0 Å². The van der Waals surface area contributed by atoms with Crippen molar-refractivity contribution < 1.29 is 13.2 Å². The van der Waals surface area contributed by atoms with Crippen LogP contribution in [-0.2, 0) is 10.0 Å². The number of hydrogen-bond donors (Lipinski definition) is 1. The summed E-state index contributed by atoms with van der Waals surface area (Å²) >= 11 is 1.83. The molecule has 1 aromatic carbocycles. The molecule has 0 saturated carbocycles. The first-order chi connectivity index (χ1) is 12.6. The van der Waals surface area contributed by atoms with Gasteiger partial charge in [-0.2, -0.15) is 0 Å². The number of nitrogens with one attached hydrogen (secondary N) is 1. The number of likely N-dealkylation sites (tertiary alicyclic amines) is 1. The van der Waals surface area contributed by atoms with Crippen LogP contribution in [0.25, 0.3) is 0 Å². The predicted molar refractivity (Wildman–Crippen MR) is 106 cm³/mol. The second-order valence-electron chi connectivity index (χ2n) is 6.43. The van der Waals surface area contributed by atoms with Gasteiger partial charge in [0.2, 0.25) is 10.0 Å². The maximum Gasteiger partial charge on any atom is 0.240 e. The average Bonchev–Trinajstić information content (AvgIpc) is 3.18. The van der Waals surface area contributed by atoms with Crippen molar-refractivity contribution >= 4 is 21.4 Å². The Balaban J connectivity index is 1.44. The van der Waals surface area contributed by atoms with Crippen LogP contribution in [0.4, 0.5) is 0 Å². The van der Waals surface area contributed by atoms with Gasteiger partial charge < -0.3 is 9.64 Å². The fourth-order valence-corrected chi connectivity index (χ4v) is 5.19. The molecule has 7 heteroatoms. The zero-order valence-electron chi connectivity index (χ0n) is 15.1. The van der Waals surface area contributed by atoms with Gasteiger partial charge in [0.05, 0.1) is 11.5 Å². The van der Waals surface area contributed by atoms with Gasteiger partial charge in [-0.25, -0.2) is 13.1 Å². The van der Waals surface area contributed by atoms with Crippen LogP contribution in [-0.4, -0.2) is 46.1 Å². The van der Waals surface area contributed by atoms with E-state index in [1.54, 1.807) is 24.3 Å². The molecule has 1 aliphatic heterocycles. The maximum absolute atomic E-state index is 12.4. The average molecular weight is 395 g/mol. The third kappa shape index (κ3) is 5.07. The summed E-state index contributed by atoms with van der Waals surface area (Å²) in [5.74, 6) is 1.34. The van der Waals surface area contributed by atoms with Crippen LogP contribution in [0.2, 0.25) is 0 Å². The van der Waals surface area contributed by atoms with Gasteiger partial charge in [-0.3, -0.25) is 0 Å². The highest BCUT2D eigenvalue weighted by molar-refractivity contribution is 7.89. The Morgan fingerprint density at radius 2 is 1.92 bits per heavy atom. The third-order valence-electron chi connectivity index (χ3n) is 4.70. The van der Waals surface area contributed by atoms with Gasteiger partial charge in [0.15, 0.2) is 0 Å². The van der Waals surface area contributed by atoms with Crippen molar-refractivity contribution in [3.8, 4) is 5.75 Å². The molecule has 0 amide bonds. The summed E-state index contributed by atoms with van der Waals surface area (Å²) < 4.78 is 32.8. The van der Waals surface area contributed by atoms with E-state index < -0.39 is 10.0 Å². The van der Waals surface area contributed by atoms with E-state index in [-0.39, 0.29) is 4.90 Å². The van der Waals surface area contributed by atoms with Crippen molar-refractivity contribution in [2.45, 2.75) is 30.6 Å². The van der Waals surface area contributed by atoms with E-state index in [4.69, 9.17) is 4.74 Å². The molecule has 1 fully saturated rings. The lowest BCUT2D eigenvalue weighted by molar-refractivity contribution is 0.217. The molecule has 1 saturated heterocycles. The molecule has 26 heavy (non-hydrogen) atoms. The molecular formula is C19H26N2O3S2. The van der Waals surface area contributed by atoms with Crippen molar-refractivity contribution in [2.24, 2.45) is 0 Å². The van der Waals surface area contributed by atoms with Crippen LogP contribution in [0.1, 0.15) is 30.6 Å². The number of rotatable bonds is 8. The number of thiophene rings is 1. The fourth-order valence-electron chi connectivity index (χ4n) is 3.27. The van der Waals surface area contributed by atoms with E-state index in [1.165, 1.54) is 4.88 Å². The number of piperidine rings is 1.